The summed E-state index contributed by atoms with van der Waals surface area (Å²) in [7, 11) is -2.21. The van der Waals surface area contributed by atoms with E-state index in [1.165, 1.54) is 23.5 Å². The second-order valence-corrected chi connectivity index (χ2v) is 7.16. The summed E-state index contributed by atoms with van der Waals surface area (Å²) in [6.07, 6.45) is 0. The SMILES string of the molecule is CN(Cc1ccc(Br)cc1)S(=O)(=O)c1ccc(CO)o1. The van der Waals surface area contributed by atoms with E-state index >= 15 is 0 Å². The summed E-state index contributed by atoms with van der Waals surface area (Å²) in [6, 6.07) is 10.2. The number of rotatable bonds is 5. The average Bonchev–Trinajstić information content (AvgIpc) is 2.90. The molecule has 0 amide bonds. The second-order valence-electron chi connectivity index (χ2n) is 4.27. The van der Waals surface area contributed by atoms with E-state index in [9.17, 15) is 8.42 Å². The fraction of sp³-hybridized carbons (Fsp3) is 0.231. The van der Waals surface area contributed by atoms with E-state index in [1.807, 2.05) is 24.3 Å². The van der Waals surface area contributed by atoms with Gasteiger partial charge in [-0.1, -0.05) is 28.1 Å². The maximum absolute atomic E-state index is 12.3. The zero-order valence-corrected chi connectivity index (χ0v) is 13.2. The molecule has 1 heterocycles. The Hall–Kier alpha value is -1.15. The number of sulfonamides is 1. The molecule has 0 atom stereocenters. The van der Waals surface area contributed by atoms with Crippen LogP contribution >= 0.6 is 15.9 Å². The van der Waals surface area contributed by atoms with Gasteiger partial charge in [0.1, 0.15) is 12.4 Å². The lowest BCUT2D eigenvalue weighted by molar-refractivity contribution is 0.235. The Bertz CT molecular complexity index is 679. The molecular weight excluding hydrogens is 346 g/mol. The molecule has 0 radical (unpaired) electrons. The molecule has 108 valence electrons. The molecule has 2 rings (SSSR count). The van der Waals surface area contributed by atoms with Gasteiger partial charge in [0, 0.05) is 18.1 Å². The summed E-state index contributed by atoms with van der Waals surface area (Å²) in [4.78, 5) is 0. The van der Waals surface area contributed by atoms with Crippen molar-refractivity contribution in [3.05, 3.63) is 52.2 Å². The number of nitrogens with zero attached hydrogens (tertiary/aromatic N) is 1. The molecule has 0 spiro atoms. The van der Waals surface area contributed by atoms with Crippen LogP contribution in [0.4, 0.5) is 0 Å². The third kappa shape index (κ3) is 3.29. The normalized spacial score (nSPS) is 12.0. The van der Waals surface area contributed by atoms with Crippen molar-refractivity contribution in [1.82, 2.24) is 4.31 Å². The first-order valence-corrected chi connectivity index (χ1v) is 8.07. The Kier molecular flexibility index (Phi) is 4.64. The highest BCUT2D eigenvalue weighted by Crippen LogP contribution is 2.20. The minimum absolute atomic E-state index is 0.166. The fourth-order valence-corrected chi connectivity index (χ4v) is 3.01. The van der Waals surface area contributed by atoms with Gasteiger partial charge in [-0.05, 0) is 29.8 Å². The summed E-state index contributed by atoms with van der Waals surface area (Å²) >= 11 is 3.33. The van der Waals surface area contributed by atoms with Gasteiger partial charge in [0.15, 0.2) is 0 Å². The van der Waals surface area contributed by atoms with Crippen LogP contribution in [0.15, 0.2) is 50.4 Å². The summed E-state index contributed by atoms with van der Waals surface area (Å²) < 4.78 is 31.8. The molecule has 0 saturated carbocycles. The summed E-state index contributed by atoms with van der Waals surface area (Å²) in [5.41, 5.74) is 0.869. The van der Waals surface area contributed by atoms with Crippen LogP contribution in [0.5, 0.6) is 0 Å². The molecule has 0 aliphatic rings. The smallest absolute Gasteiger partial charge is 0.276 e. The third-order valence-electron chi connectivity index (χ3n) is 2.78. The average molecular weight is 360 g/mol. The lowest BCUT2D eigenvalue weighted by Crippen LogP contribution is -2.26. The highest BCUT2D eigenvalue weighted by molar-refractivity contribution is 9.10. The van der Waals surface area contributed by atoms with Crippen LogP contribution in [0.2, 0.25) is 0 Å². The van der Waals surface area contributed by atoms with Crippen molar-refractivity contribution in [2.24, 2.45) is 0 Å². The molecule has 20 heavy (non-hydrogen) atoms. The van der Waals surface area contributed by atoms with E-state index in [1.54, 1.807) is 0 Å². The number of furan rings is 1. The van der Waals surface area contributed by atoms with Gasteiger partial charge < -0.3 is 9.52 Å². The highest BCUT2D eigenvalue weighted by Gasteiger charge is 2.24. The van der Waals surface area contributed by atoms with Gasteiger partial charge in [0.2, 0.25) is 5.09 Å². The van der Waals surface area contributed by atoms with E-state index in [0.29, 0.717) is 0 Å². The van der Waals surface area contributed by atoms with E-state index in [4.69, 9.17) is 9.52 Å². The summed E-state index contributed by atoms with van der Waals surface area (Å²) in [6.45, 7) is -0.0866. The van der Waals surface area contributed by atoms with Gasteiger partial charge in [-0.2, -0.15) is 4.31 Å². The van der Waals surface area contributed by atoms with Gasteiger partial charge in [-0.25, -0.2) is 8.42 Å². The van der Waals surface area contributed by atoms with Crippen LogP contribution in [0, 0.1) is 0 Å². The predicted molar refractivity (Wildman–Crippen MR) is 77.4 cm³/mol. The maximum atomic E-state index is 12.3. The van der Waals surface area contributed by atoms with Crippen LogP contribution < -0.4 is 0 Å². The van der Waals surface area contributed by atoms with Crippen molar-refractivity contribution in [2.45, 2.75) is 18.2 Å². The fourth-order valence-electron chi connectivity index (χ4n) is 1.67. The highest BCUT2D eigenvalue weighted by atomic mass is 79.9. The molecule has 1 aromatic carbocycles. The number of aliphatic hydroxyl groups excluding tert-OH is 1. The molecular formula is C13H14BrNO4S. The summed E-state index contributed by atoms with van der Waals surface area (Å²) in [5.74, 6) is 0.223. The largest absolute Gasteiger partial charge is 0.446 e. The van der Waals surface area contributed by atoms with Crippen molar-refractivity contribution in [1.29, 1.82) is 0 Å². The molecule has 7 heteroatoms. The Labute approximate surface area is 126 Å². The molecule has 0 saturated heterocycles. The van der Waals surface area contributed by atoms with Crippen molar-refractivity contribution in [3.63, 3.8) is 0 Å². The maximum Gasteiger partial charge on any atom is 0.276 e. The molecule has 0 bridgehead atoms. The first-order chi connectivity index (χ1) is 9.43. The van der Waals surface area contributed by atoms with Crippen LogP contribution in [0.3, 0.4) is 0 Å². The number of hydrogen-bond acceptors (Lipinski definition) is 4. The topological polar surface area (TPSA) is 70.8 Å². The standard InChI is InChI=1S/C13H14BrNO4S/c1-15(8-10-2-4-11(14)5-3-10)20(17,18)13-7-6-12(9-16)19-13/h2-7,16H,8-9H2,1H3. The van der Waals surface area contributed by atoms with E-state index in [0.717, 1.165) is 10.0 Å². The predicted octanol–water partition coefficient (Wildman–Crippen LogP) is 2.36. The van der Waals surface area contributed by atoms with Crippen LogP contribution in [-0.2, 0) is 23.2 Å². The summed E-state index contributed by atoms with van der Waals surface area (Å²) in [5, 5.41) is 8.74. The Morgan fingerprint density at radius 2 is 1.85 bits per heavy atom. The second kappa shape index (κ2) is 6.09. The Morgan fingerprint density at radius 3 is 2.40 bits per heavy atom. The molecule has 1 N–H and O–H groups in total. The molecule has 5 nitrogen and oxygen atoms in total. The quantitative estimate of drug-likeness (QED) is 0.889. The number of aliphatic hydroxyl groups is 1. The first kappa shape index (κ1) is 15.2. The van der Waals surface area contributed by atoms with Crippen molar-refractivity contribution in [3.8, 4) is 0 Å². The van der Waals surface area contributed by atoms with Gasteiger partial charge in [0.05, 0.1) is 0 Å². The zero-order chi connectivity index (χ0) is 14.8. The van der Waals surface area contributed by atoms with Crippen molar-refractivity contribution in [2.75, 3.05) is 7.05 Å². The molecule has 0 unspecified atom stereocenters. The minimum Gasteiger partial charge on any atom is -0.446 e. The molecule has 1 aromatic heterocycles. The van der Waals surface area contributed by atoms with E-state index in [-0.39, 0.29) is 24.0 Å². The molecule has 0 aliphatic carbocycles. The van der Waals surface area contributed by atoms with Gasteiger partial charge in [-0.3, -0.25) is 0 Å². The van der Waals surface area contributed by atoms with Crippen molar-refractivity contribution >= 4 is 26.0 Å². The van der Waals surface area contributed by atoms with E-state index < -0.39 is 10.0 Å². The van der Waals surface area contributed by atoms with Gasteiger partial charge in [-0.15, -0.1) is 0 Å². The molecule has 0 aliphatic heterocycles. The first-order valence-electron chi connectivity index (χ1n) is 5.84. The minimum atomic E-state index is -3.69. The number of benzene rings is 1. The monoisotopic (exact) mass is 359 g/mol. The number of hydrogen-bond donors (Lipinski definition) is 1. The molecule has 0 fully saturated rings. The number of halogens is 1. The Balaban J connectivity index is 2.18. The van der Waals surface area contributed by atoms with Crippen LogP contribution in [-0.4, -0.2) is 24.9 Å². The Morgan fingerprint density at radius 1 is 1.20 bits per heavy atom. The van der Waals surface area contributed by atoms with Crippen LogP contribution in [0.25, 0.3) is 0 Å². The third-order valence-corrected chi connectivity index (χ3v) is 4.98. The van der Waals surface area contributed by atoms with Gasteiger partial charge in [0.25, 0.3) is 10.0 Å². The lowest BCUT2D eigenvalue weighted by Gasteiger charge is -2.15. The molecule has 2 aromatic rings. The lowest BCUT2D eigenvalue weighted by atomic mass is 10.2. The van der Waals surface area contributed by atoms with E-state index in [2.05, 4.69) is 15.9 Å². The zero-order valence-electron chi connectivity index (χ0n) is 10.8. The van der Waals surface area contributed by atoms with Crippen molar-refractivity contribution < 1.29 is 17.9 Å². The van der Waals surface area contributed by atoms with Crippen LogP contribution in [0.1, 0.15) is 11.3 Å². The van der Waals surface area contributed by atoms with Gasteiger partial charge >= 0.3 is 0 Å².